The maximum absolute atomic E-state index is 5.74. The molecule has 1 aliphatic carbocycles. The lowest BCUT2D eigenvalue weighted by molar-refractivity contribution is 0.170. The molecular formula is C20H22BrNO3. The Labute approximate surface area is 156 Å². The van der Waals surface area contributed by atoms with Crippen molar-refractivity contribution in [1.29, 1.82) is 0 Å². The summed E-state index contributed by atoms with van der Waals surface area (Å²) < 4.78 is 17.7. The van der Waals surface area contributed by atoms with Gasteiger partial charge in [-0.2, -0.15) is 0 Å². The minimum Gasteiger partial charge on any atom is -0.497 e. The van der Waals surface area contributed by atoms with Crippen LogP contribution in [0.5, 0.6) is 17.2 Å². The molecule has 0 amide bonds. The average Bonchev–Trinajstić information content (AvgIpc) is 3.47. The van der Waals surface area contributed by atoms with Gasteiger partial charge in [0.2, 0.25) is 0 Å². The summed E-state index contributed by atoms with van der Waals surface area (Å²) in [7, 11) is 1.70. The van der Waals surface area contributed by atoms with Crippen LogP contribution in [0, 0.1) is 0 Å². The Bertz CT molecular complexity index is 743. The molecule has 0 unspecified atom stereocenters. The summed E-state index contributed by atoms with van der Waals surface area (Å²) in [6.45, 7) is 3.07. The van der Waals surface area contributed by atoms with Crippen molar-refractivity contribution in [2.45, 2.75) is 32.0 Å². The largest absolute Gasteiger partial charge is 0.497 e. The molecule has 0 bridgehead atoms. The number of benzene rings is 2. The minimum atomic E-state index is 0.616. The van der Waals surface area contributed by atoms with Crippen molar-refractivity contribution in [3.63, 3.8) is 0 Å². The molecule has 0 atom stereocenters. The van der Waals surface area contributed by atoms with Crippen LogP contribution in [0.2, 0.25) is 0 Å². The fourth-order valence-electron chi connectivity index (χ4n) is 3.17. The van der Waals surface area contributed by atoms with Gasteiger partial charge in [0.1, 0.15) is 19.0 Å². The van der Waals surface area contributed by atoms with E-state index in [0.717, 1.165) is 34.8 Å². The number of hydrogen-bond acceptors (Lipinski definition) is 4. The summed E-state index contributed by atoms with van der Waals surface area (Å²) in [5.41, 5.74) is 2.55. The van der Waals surface area contributed by atoms with E-state index in [1.165, 1.54) is 24.0 Å². The molecule has 132 valence electrons. The first kappa shape index (κ1) is 16.7. The molecule has 0 aromatic heterocycles. The highest BCUT2D eigenvalue weighted by molar-refractivity contribution is 9.10. The quantitative estimate of drug-likeness (QED) is 0.715. The van der Waals surface area contributed by atoms with Crippen molar-refractivity contribution in [2.75, 3.05) is 20.3 Å². The topological polar surface area (TPSA) is 30.9 Å². The molecule has 0 radical (unpaired) electrons. The van der Waals surface area contributed by atoms with Gasteiger partial charge in [0.25, 0.3) is 0 Å². The Kier molecular flexibility index (Phi) is 4.86. The van der Waals surface area contributed by atoms with Gasteiger partial charge in [0, 0.05) is 23.6 Å². The summed E-state index contributed by atoms with van der Waals surface area (Å²) in [6.07, 6.45) is 2.55. The third-order valence-corrected chi connectivity index (χ3v) is 5.43. The summed E-state index contributed by atoms with van der Waals surface area (Å²) in [6, 6.07) is 13.2. The highest BCUT2D eigenvalue weighted by atomic mass is 79.9. The normalized spacial score (nSPS) is 16.1. The number of rotatable bonds is 6. The van der Waals surface area contributed by atoms with E-state index >= 15 is 0 Å². The molecule has 25 heavy (non-hydrogen) atoms. The molecule has 4 nitrogen and oxygen atoms in total. The molecular weight excluding hydrogens is 382 g/mol. The molecule has 2 aromatic rings. The first-order valence-electron chi connectivity index (χ1n) is 8.68. The third-order valence-electron chi connectivity index (χ3n) is 4.69. The Hall–Kier alpha value is -1.72. The first-order chi connectivity index (χ1) is 12.2. The predicted octanol–water partition coefficient (Wildman–Crippen LogP) is 4.39. The predicted molar refractivity (Wildman–Crippen MR) is 100 cm³/mol. The third kappa shape index (κ3) is 3.93. The fraction of sp³-hybridized carbons (Fsp3) is 0.400. The van der Waals surface area contributed by atoms with Crippen molar-refractivity contribution < 1.29 is 14.2 Å². The van der Waals surface area contributed by atoms with Crippen molar-refractivity contribution in [2.24, 2.45) is 0 Å². The van der Waals surface area contributed by atoms with E-state index in [4.69, 9.17) is 14.2 Å². The first-order valence-corrected chi connectivity index (χ1v) is 9.47. The molecule has 4 rings (SSSR count). The van der Waals surface area contributed by atoms with Gasteiger partial charge in [0.05, 0.1) is 7.11 Å². The lowest BCUT2D eigenvalue weighted by Gasteiger charge is -2.25. The molecule has 0 spiro atoms. The van der Waals surface area contributed by atoms with Crippen LogP contribution >= 0.6 is 15.9 Å². The van der Waals surface area contributed by atoms with Crippen molar-refractivity contribution in [1.82, 2.24) is 4.90 Å². The molecule has 0 N–H and O–H groups in total. The molecule has 1 aliphatic heterocycles. The number of methoxy groups -OCH3 is 1. The van der Waals surface area contributed by atoms with Crippen molar-refractivity contribution in [3.8, 4) is 17.2 Å². The summed E-state index contributed by atoms with van der Waals surface area (Å²) in [5, 5.41) is 0. The van der Waals surface area contributed by atoms with Crippen LogP contribution in [0.15, 0.2) is 40.9 Å². The number of hydrogen-bond donors (Lipinski definition) is 0. The van der Waals surface area contributed by atoms with Crippen LogP contribution < -0.4 is 14.2 Å². The maximum Gasteiger partial charge on any atom is 0.162 e. The number of halogens is 1. The van der Waals surface area contributed by atoms with Crippen molar-refractivity contribution in [3.05, 3.63) is 52.0 Å². The summed E-state index contributed by atoms with van der Waals surface area (Å²) in [4.78, 5) is 2.54. The van der Waals surface area contributed by atoms with Crippen LogP contribution in [-0.4, -0.2) is 31.3 Å². The second-order valence-corrected chi connectivity index (χ2v) is 7.43. The number of fused-ring (bicyclic) bond motifs is 1. The van der Waals surface area contributed by atoms with Crippen LogP contribution in [0.25, 0.3) is 0 Å². The van der Waals surface area contributed by atoms with Gasteiger partial charge in [-0.15, -0.1) is 0 Å². The molecule has 1 heterocycles. The Balaban J connectivity index is 1.52. The fourth-order valence-corrected chi connectivity index (χ4v) is 3.61. The van der Waals surface area contributed by atoms with Crippen LogP contribution in [0.4, 0.5) is 0 Å². The zero-order chi connectivity index (χ0) is 17.2. The second-order valence-electron chi connectivity index (χ2n) is 6.57. The van der Waals surface area contributed by atoms with Crippen LogP contribution in [0.1, 0.15) is 24.0 Å². The van der Waals surface area contributed by atoms with Gasteiger partial charge in [-0.25, -0.2) is 0 Å². The van der Waals surface area contributed by atoms with Gasteiger partial charge < -0.3 is 14.2 Å². The zero-order valence-corrected chi connectivity index (χ0v) is 15.9. The SMILES string of the molecule is COc1ccc(CN(Cc2cc3c(cc2Br)OCCO3)C2CC2)cc1. The Morgan fingerprint density at radius 2 is 1.72 bits per heavy atom. The lowest BCUT2D eigenvalue weighted by Crippen LogP contribution is -2.25. The van der Waals surface area contributed by atoms with Gasteiger partial charge in [-0.1, -0.05) is 28.1 Å². The molecule has 5 heteroatoms. The standard InChI is InChI=1S/C20H22BrNO3/c1-23-17-6-2-14(3-7-17)12-22(16-4-5-16)13-15-10-19-20(11-18(15)21)25-9-8-24-19/h2-3,6-7,10-11,16H,4-5,8-9,12-13H2,1H3. The van der Waals surface area contributed by atoms with E-state index in [1.807, 2.05) is 18.2 Å². The van der Waals surface area contributed by atoms with Crippen molar-refractivity contribution >= 4 is 15.9 Å². The molecule has 2 aromatic carbocycles. The van der Waals surface area contributed by atoms with E-state index in [-0.39, 0.29) is 0 Å². The maximum atomic E-state index is 5.74. The molecule has 1 saturated carbocycles. The highest BCUT2D eigenvalue weighted by Crippen LogP contribution is 2.38. The lowest BCUT2D eigenvalue weighted by atomic mass is 10.1. The second kappa shape index (κ2) is 7.26. The van der Waals surface area contributed by atoms with Crippen LogP contribution in [-0.2, 0) is 13.1 Å². The summed E-state index contributed by atoms with van der Waals surface area (Å²) >= 11 is 3.70. The molecule has 2 aliphatic rings. The van der Waals surface area contributed by atoms with Gasteiger partial charge in [-0.05, 0) is 48.2 Å². The monoisotopic (exact) mass is 403 g/mol. The van der Waals surface area contributed by atoms with Gasteiger partial charge in [-0.3, -0.25) is 4.90 Å². The van der Waals surface area contributed by atoms with Crippen LogP contribution in [0.3, 0.4) is 0 Å². The van der Waals surface area contributed by atoms with Gasteiger partial charge >= 0.3 is 0 Å². The summed E-state index contributed by atoms with van der Waals surface area (Å²) in [5.74, 6) is 2.58. The van der Waals surface area contributed by atoms with E-state index < -0.39 is 0 Å². The van der Waals surface area contributed by atoms with E-state index in [2.05, 4.69) is 39.0 Å². The number of ether oxygens (including phenoxy) is 3. The van der Waals surface area contributed by atoms with E-state index in [0.29, 0.717) is 19.3 Å². The van der Waals surface area contributed by atoms with Gasteiger partial charge in [0.15, 0.2) is 11.5 Å². The van der Waals surface area contributed by atoms with E-state index in [1.54, 1.807) is 7.11 Å². The number of nitrogens with zero attached hydrogens (tertiary/aromatic N) is 1. The Morgan fingerprint density at radius 1 is 1.04 bits per heavy atom. The highest BCUT2D eigenvalue weighted by Gasteiger charge is 2.29. The average molecular weight is 404 g/mol. The van der Waals surface area contributed by atoms with E-state index in [9.17, 15) is 0 Å². The smallest absolute Gasteiger partial charge is 0.162 e. The minimum absolute atomic E-state index is 0.616. The Morgan fingerprint density at radius 3 is 2.36 bits per heavy atom. The zero-order valence-electron chi connectivity index (χ0n) is 14.3. The molecule has 1 fully saturated rings. The molecule has 0 saturated heterocycles.